The van der Waals surface area contributed by atoms with Gasteiger partial charge in [-0.05, 0) is 24.8 Å². The molecular weight excluding hydrogens is 284 g/mol. The Balaban J connectivity index is 1.90. The topological polar surface area (TPSA) is 34.9 Å². The summed E-state index contributed by atoms with van der Waals surface area (Å²) in [6.07, 6.45) is 4.97. The molecular formula is C20H20N2O. The first kappa shape index (κ1) is 14.2. The van der Waals surface area contributed by atoms with E-state index < -0.39 is 0 Å². The Labute approximate surface area is 135 Å². The first-order valence-corrected chi connectivity index (χ1v) is 8.38. The standard InChI is InChI=1S/C20H20N2O/c23-20-18-13-7-6-12-17(18)19(16-10-2-1-3-11-16)21-22(20)14-15-8-4-5-9-15/h1-3,6-7,10-13,15H,4-5,8-9,14H2. The zero-order valence-corrected chi connectivity index (χ0v) is 13.1. The van der Waals surface area contributed by atoms with Crippen LogP contribution in [0.1, 0.15) is 25.7 Å². The summed E-state index contributed by atoms with van der Waals surface area (Å²) in [5.41, 5.74) is 2.00. The molecule has 2 aromatic carbocycles. The van der Waals surface area contributed by atoms with Gasteiger partial charge in [0.15, 0.2) is 0 Å². The molecule has 4 rings (SSSR count). The Morgan fingerprint density at radius 1 is 0.913 bits per heavy atom. The van der Waals surface area contributed by atoms with Crippen molar-refractivity contribution in [3.8, 4) is 11.3 Å². The van der Waals surface area contributed by atoms with Crippen LogP contribution in [0.3, 0.4) is 0 Å². The number of benzene rings is 2. The van der Waals surface area contributed by atoms with E-state index in [1.807, 2.05) is 42.5 Å². The number of aromatic nitrogens is 2. The second-order valence-corrected chi connectivity index (χ2v) is 6.40. The van der Waals surface area contributed by atoms with Crippen LogP contribution in [0.15, 0.2) is 59.4 Å². The third-order valence-corrected chi connectivity index (χ3v) is 4.82. The van der Waals surface area contributed by atoms with Crippen LogP contribution in [0, 0.1) is 5.92 Å². The molecule has 3 nitrogen and oxygen atoms in total. The quantitative estimate of drug-likeness (QED) is 0.725. The summed E-state index contributed by atoms with van der Waals surface area (Å²) < 4.78 is 1.70. The van der Waals surface area contributed by atoms with Crippen LogP contribution in [0.2, 0.25) is 0 Å². The van der Waals surface area contributed by atoms with Gasteiger partial charge in [-0.25, -0.2) is 4.68 Å². The van der Waals surface area contributed by atoms with E-state index in [0.29, 0.717) is 5.92 Å². The number of hydrogen-bond donors (Lipinski definition) is 0. The number of fused-ring (bicyclic) bond motifs is 1. The normalized spacial score (nSPS) is 15.3. The smallest absolute Gasteiger partial charge is 0.267 e. The van der Waals surface area contributed by atoms with E-state index in [0.717, 1.165) is 28.6 Å². The monoisotopic (exact) mass is 304 g/mol. The molecule has 0 atom stereocenters. The molecule has 1 aliphatic rings. The lowest BCUT2D eigenvalue weighted by molar-refractivity contribution is 0.418. The number of hydrogen-bond acceptors (Lipinski definition) is 2. The van der Waals surface area contributed by atoms with Gasteiger partial charge in [-0.1, -0.05) is 61.4 Å². The number of rotatable bonds is 3. The molecule has 0 spiro atoms. The highest BCUT2D eigenvalue weighted by atomic mass is 16.1. The summed E-state index contributed by atoms with van der Waals surface area (Å²) >= 11 is 0. The maximum absolute atomic E-state index is 12.8. The molecule has 3 heteroatoms. The third-order valence-electron chi connectivity index (χ3n) is 4.82. The minimum atomic E-state index is 0.0344. The van der Waals surface area contributed by atoms with Crippen molar-refractivity contribution in [2.75, 3.05) is 0 Å². The lowest BCUT2D eigenvalue weighted by atomic mass is 10.0. The van der Waals surface area contributed by atoms with Crippen LogP contribution in [0.25, 0.3) is 22.0 Å². The summed E-state index contributed by atoms with van der Waals surface area (Å²) in [6.45, 7) is 0.740. The second-order valence-electron chi connectivity index (χ2n) is 6.40. The molecule has 0 aliphatic heterocycles. The minimum absolute atomic E-state index is 0.0344. The summed E-state index contributed by atoms with van der Waals surface area (Å²) in [6, 6.07) is 17.9. The fraction of sp³-hybridized carbons (Fsp3) is 0.300. The summed E-state index contributed by atoms with van der Waals surface area (Å²) in [7, 11) is 0. The average Bonchev–Trinajstić information content (AvgIpc) is 3.11. The van der Waals surface area contributed by atoms with E-state index in [2.05, 4.69) is 12.1 Å². The van der Waals surface area contributed by atoms with Crippen molar-refractivity contribution in [2.45, 2.75) is 32.2 Å². The maximum Gasteiger partial charge on any atom is 0.274 e. The molecule has 0 N–H and O–H groups in total. The van der Waals surface area contributed by atoms with Crippen LogP contribution < -0.4 is 5.56 Å². The fourth-order valence-electron chi connectivity index (χ4n) is 3.61. The molecule has 0 bridgehead atoms. The highest BCUT2D eigenvalue weighted by molar-refractivity contribution is 5.93. The van der Waals surface area contributed by atoms with E-state index in [1.54, 1.807) is 4.68 Å². The van der Waals surface area contributed by atoms with E-state index in [-0.39, 0.29) is 5.56 Å². The Hall–Kier alpha value is -2.42. The Bertz CT molecular complexity index is 877. The van der Waals surface area contributed by atoms with E-state index in [9.17, 15) is 4.79 Å². The Morgan fingerprint density at radius 2 is 1.57 bits per heavy atom. The first-order chi connectivity index (χ1) is 11.3. The van der Waals surface area contributed by atoms with Crippen LogP contribution in [-0.2, 0) is 6.54 Å². The van der Waals surface area contributed by atoms with Gasteiger partial charge in [0, 0.05) is 17.5 Å². The van der Waals surface area contributed by atoms with Gasteiger partial charge in [-0.2, -0.15) is 5.10 Å². The molecule has 3 aromatic rings. The molecule has 0 radical (unpaired) electrons. The molecule has 0 amide bonds. The predicted molar refractivity (Wildman–Crippen MR) is 93.4 cm³/mol. The Kier molecular flexibility index (Phi) is 3.70. The van der Waals surface area contributed by atoms with E-state index in [1.165, 1.54) is 25.7 Å². The van der Waals surface area contributed by atoms with Gasteiger partial charge < -0.3 is 0 Å². The SMILES string of the molecule is O=c1c2ccccc2c(-c2ccccc2)nn1CC1CCCC1. The molecule has 1 heterocycles. The van der Waals surface area contributed by atoms with Crippen molar-refractivity contribution in [3.05, 3.63) is 65.0 Å². The van der Waals surface area contributed by atoms with Gasteiger partial charge in [0.25, 0.3) is 5.56 Å². The summed E-state index contributed by atoms with van der Waals surface area (Å²) in [5.74, 6) is 0.588. The van der Waals surface area contributed by atoms with Crippen LogP contribution in [0.4, 0.5) is 0 Å². The highest BCUT2D eigenvalue weighted by Crippen LogP contribution is 2.27. The molecule has 116 valence electrons. The van der Waals surface area contributed by atoms with Crippen molar-refractivity contribution in [2.24, 2.45) is 5.92 Å². The lowest BCUT2D eigenvalue weighted by Crippen LogP contribution is -2.26. The molecule has 1 fully saturated rings. The van der Waals surface area contributed by atoms with Crippen molar-refractivity contribution >= 4 is 10.8 Å². The molecule has 0 unspecified atom stereocenters. The van der Waals surface area contributed by atoms with Crippen LogP contribution in [-0.4, -0.2) is 9.78 Å². The predicted octanol–water partition coefficient (Wildman–Crippen LogP) is 4.25. The van der Waals surface area contributed by atoms with E-state index >= 15 is 0 Å². The van der Waals surface area contributed by atoms with Crippen molar-refractivity contribution in [1.82, 2.24) is 9.78 Å². The lowest BCUT2D eigenvalue weighted by Gasteiger charge is -2.14. The van der Waals surface area contributed by atoms with Crippen molar-refractivity contribution < 1.29 is 0 Å². The zero-order chi connectivity index (χ0) is 15.6. The van der Waals surface area contributed by atoms with Gasteiger partial charge in [0.1, 0.15) is 0 Å². The summed E-state index contributed by atoms with van der Waals surface area (Å²) in [4.78, 5) is 12.8. The second kappa shape index (κ2) is 5.99. The third kappa shape index (κ3) is 2.67. The van der Waals surface area contributed by atoms with E-state index in [4.69, 9.17) is 5.10 Å². The van der Waals surface area contributed by atoms with Gasteiger partial charge >= 0.3 is 0 Å². The summed E-state index contributed by atoms with van der Waals surface area (Å²) in [5, 5.41) is 6.44. The van der Waals surface area contributed by atoms with Gasteiger partial charge in [0.05, 0.1) is 11.1 Å². The molecule has 23 heavy (non-hydrogen) atoms. The minimum Gasteiger partial charge on any atom is -0.267 e. The van der Waals surface area contributed by atoms with Crippen LogP contribution >= 0.6 is 0 Å². The largest absolute Gasteiger partial charge is 0.274 e. The zero-order valence-electron chi connectivity index (χ0n) is 13.1. The van der Waals surface area contributed by atoms with Gasteiger partial charge in [-0.15, -0.1) is 0 Å². The van der Waals surface area contributed by atoms with Gasteiger partial charge in [0.2, 0.25) is 0 Å². The molecule has 0 saturated heterocycles. The fourth-order valence-corrected chi connectivity index (χ4v) is 3.61. The molecule has 1 aromatic heterocycles. The Morgan fingerprint density at radius 3 is 2.30 bits per heavy atom. The molecule has 1 saturated carbocycles. The van der Waals surface area contributed by atoms with Crippen molar-refractivity contribution in [1.29, 1.82) is 0 Å². The van der Waals surface area contributed by atoms with Gasteiger partial charge in [-0.3, -0.25) is 4.79 Å². The van der Waals surface area contributed by atoms with Crippen LogP contribution in [0.5, 0.6) is 0 Å². The van der Waals surface area contributed by atoms with Crippen molar-refractivity contribution in [3.63, 3.8) is 0 Å². The highest BCUT2D eigenvalue weighted by Gasteiger charge is 2.18. The average molecular weight is 304 g/mol. The molecule has 1 aliphatic carbocycles. The maximum atomic E-state index is 12.8. The first-order valence-electron chi connectivity index (χ1n) is 8.38. The number of nitrogens with zero attached hydrogens (tertiary/aromatic N) is 2.